The van der Waals surface area contributed by atoms with Gasteiger partial charge < -0.3 is 4.90 Å². The van der Waals surface area contributed by atoms with Gasteiger partial charge in [-0.15, -0.1) is 0 Å². The number of likely N-dealkylation sites (tertiary alicyclic amines) is 1. The van der Waals surface area contributed by atoms with Crippen LogP contribution in [-0.2, 0) is 6.42 Å². The minimum atomic E-state index is 0.547. The van der Waals surface area contributed by atoms with Gasteiger partial charge in [0.15, 0.2) is 5.82 Å². The third kappa shape index (κ3) is 2.18. The Kier molecular flexibility index (Phi) is 3.37. The van der Waals surface area contributed by atoms with Gasteiger partial charge in [0.05, 0.1) is 6.04 Å². The molecule has 1 saturated heterocycles. The Hall–Kier alpha value is -0.900. The van der Waals surface area contributed by atoms with Crippen LogP contribution in [0.1, 0.15) is 63.1 Å². The minimum absolute atomic E-state index is 0.547. The van der Waals surface area contributed by atoms with E-state index in [-0.39, 0.29) is 0 Å². The summed E-state index contributed by atoms with van der Waals surface area (Å²) in [6, 6.07) is 0.547. The zero-order chi connectivity index (χ0) is 12.5. The molecule has 100 valence electrons. The van der Waals surface area contributed by atoms with E-state index in [0.29, 0.717) is 12.0 Å². The van der Waals surface area contributed by atoms with Crippen molar-refractivity contribution in [3.63, 3.8) is 0 Å². The van der Waals surface area contributed by atoms with E-state index in [2.05, 4.69) is 23.4 Å². The van der Waals surface area contributed by atoms with E-state index in [1.54, 1.807) is 0 Å². The molecule has 0 aliphatic carbocycles. The first-order chi connectivity index (χ1) is 8.78. The highest BCUT2D eigenvalue weighted by Crippen LogP contribution is 2.29. The summed E-state index contributed by atoms with van der Waals surface area (Å²) in [6.45, 7) is 8.11. The van der Waals surface area contributed by atoms with Gasteiger partial charge in [-0.05, 0) is 52.2 Å². The van der Waals surface area contributed by atoms with Crippen LogP contribution in [0.2, 0.25) is 0 Å². The molecule has 0 saturated carbocycles. The molecule has 0 amide bonds. The summed E-state index contributed by atoms with van der Waals surface area (Å²) in [5.41, 5.74) is 0. The fourth-order valence-electron chi connectivity index (χ4n) is 3.26. The van der Waals surface area contributed by atoms with Gasteiger partial charge in [0.1, 0.15) is 5.82 Å². The summed E-state index contributed by atoms with van der Waals surface area (Å²) < 4.78 is 2.19. The van der Waals surface area contributed by atoms with E-state index in [4.69, 9.17) is 10.1 Å². The normalized spacial score (nSPS) is 26.2. The molecule has 0 aromatic carbocycles. The summed E-state index contributed by atoms with van der Waals surface area (Å²) in [7, 11) is 0. The molecule has 4 heteroatoms. The van der Waals surface area contributed by atoms with Crippen LogP contribution in [0.3, 0.4) is 0 Å². The number of fused-ring (bicyclic) bond motifs is 1. The number of hydrogen-bond donors (Lipinski definition) is 0. The summed E-state index contributed by atoms with van der Waals surface area (Å²) in [5, 5.41) is 4.79. The highest BCUT2D eigenvalue weighted by atomic mass is 15.4. The Morgan fingerprint density at radius 3 is 2.67 bits per heavy atom. The van der Waals surface area contributed by atoms with E-state index in [1.807, 2.05) is 0 Å². The van der Waals surface area contributed by atoms with Crippen molar-refractivity contribution in [2.45, 2.75) is 57.9 Å². The van der Waals surface area contributed by atoms with Crippen LogP contribution in [0.5, 0.6) is 0 Å². The van der Waals surface area contributed by atoms with Crippen molar-refractivity contribution in [1.29, 1.82) is 0 Å². The van der Waals surface area contributed by atoms with E-state index in [0.717, 1.165) is 12.2 Å². The smallest absolute Gasteiger partial charge is 0.154 e. The number of aryl methyl sites for hydroxylation is 1. The van der Waals surface area contributed by atoms with Crippen LogP contribution in [0, 0.1) is 0 Å². The lowest BCUT2D eigenvalue weighted by Crippen LogP contribution is -2.32. The van der Waals surface area contributed by atoms with Crippen LogP contribution >= 0.6 is 0 Å². The van der Waals surface area contributed by atoms with Crippen molar-refractivity contribution in [3.8, 4) is 0 Å². The molecule has 1 unspecified atom stereocenters. The first-order valence-electron chi connectivity index (χ1n) is 7.45. The third-order valence-corrected chi connectivity index (χ3v) is 4.56. The molecule has 2 aliphatic heterocycles. The average Bonchev–Trinajstić information content (AvgIpc) is 2.84. The van der Waals surface area contributed by atoms with Gasteiger partial charge in [-0.1, -0.05) is 6.92 Å². The summed E-state index contributed by atoms with van der Waals surface area (Å²) in [4.78, 5) is 7.33. The lowest BCUT2D eigenvalue weighted by atomic mass is 9.96. The van der Waals surface area contributed by atoms with Crippen LogP contribution in [0.15, 0.2) is 0 Å². The van der Waals surface area contributed by atoms with Crippen LogP contribution in [0.25, 0.3) is 0 Å². The maximum Gasteiger partial charge on any atom is 0.154 e. The Labute approximate surface area is 109 Å². The second kappa shape index (κ2) is 5.00. The molecule has 1 aromatic heterocycles. The van der Waals surface area contributed by atoms with Crippen molar-refractivity contribution >= 4 is 0 Å². The number of aromatic nitrogens is 3. The predicted octanol–water partition coefficient (Wildman–Crippen LogP) is 2.37. The van der Waals surface area contributed by atoms with Crippen molar-refractivity contribution in [2.75, 3.05) is 19.6 Å². The molecule has 1 fully saturated rings. The minimum Gasteiger partial charge on any atom is -0.304 e. The average molecular weight is 248 g/mol. The van der Waals surface area contributed by atoms with Gasteiger partial charge in [-0.3, -0.25) is 0 Å². The second-order valence-corrected chi connectivity index (χ2v) is 5.78. The number of piperidine rings is 1. The molecule has 3 heterocycles. The van der Waals surface area contributed by atoms with E-state index in [1.165, 1.54) is 51.1 Å². The maximum absolute atomic E-state index is 4.81. The van der Waals surface area contributed by atoms with E-state index in [9.17, 15) is 0 Å². The number of nitrogens with zero attached hydrogens (tertiary/aromatic N) is 4. The third-order valence-electron chi connectivity index (χ3n) is 4.56. The van der Waals surface area contributed by atoms with E-state index >= 15 is 0 Å². The molecule has 1 aromatic rings. The SMILES string of the molecule is CCN1CCC(c2nc3n(n2)C(C)CCC3)CC1. The molecule has 2 aliphatic rings. The topological polar surface area (TPSA) is 34.0 Å². The van der Waals surface area contributed by atoms with Gasteiger partial charge in [0.2, 0.25) is 0 Å². The Balaban J connectivity index is 1.74. The molecular weight excluding hydrogens is 224 g/mol. The quantitative estimate of drug-likeness (QED) is 0.806. The largest absolute Gasteiger partial charge is 0.304 e. The van der Waals surface area contributed by atoms with Crippen molar-refractivity contribution in [3.05, 3.63) is 11.6 Å². The van der Waals surface area contributed by atoms with Gasteiger partial charge in [0.25, 0.3) is 0 Å². The molecule has 0 N–H and O–H groups in total. The van der Waals surface area contributed by atoms with Crippen molar-refractivity contribution in [1.82, 2.24) is 19.7 Å². The molecule has 1 atom stereocenters. The molecule has 0 spiro atoms. The molecule has 0 bridgehead atoms. The highest BCUT2D eigenvalue weighted by molar-refractivity contribution is 5.04. The zero-order valence-corrected chi connectivity index (χ0v) is 11.6. The van der Waals surface area contributed by atoms with Crippen molar-refractivity contribution in [2.24, 2.45) is 0 Å². The van der Waals surface area contributed by atoms with Gasteiger partial charge >= 0.3 is 0 Å². The van der Waals surface area contributed by atoms with Crippen LogP contribution in [-0.4, -0.2) is 39.3 Å². The fourth-order valence-corrected chi connectivity index (χ4v) is 3.26. The van der Waals surface area contributed by atoms with Crippen LogP contribution in [0.4, 0.5) is 0 Å². The number of hydrogen-bond acceptors (Lipinski definition) is 3. The predicted molar refractivity (Wildman–Crippen MR) is 71.8 cm³/mol. The molecular formula is C14H24N4. The first kappa shape index (κ1) is 12.2. The summed E-state index contributed by atoms with van der Waals surface area (Å²) in [5.74, 6) is 2.94. The molecule has 3 rings (SSSR count). The second-order valence-electron chi connectivity index (χ2n) is 5.78. The standard InChI is InChI=1S/C14H24N4/c1-3-17-9-7-12(8-10-17)14-15-13-6-4-5-11(2)18(13)16-14/h11-12H,3-10H2,1-2H3. The van der Waals surface area contributed by atoms with Crippen LogP contribution < -0.4 is 0 Å². The Morgan fingerprint density at radius 2 is 2.00 bits per heavy atom. The Morgan fingerprint density at radius 1 is 1.22 bits per heavy atom. The summed E-state index contributed by atoms with van der Waals surface area (Å²) in [6.07, 6.45) is 6.10. The van der Waals surface area contributed by atoms with Gasteiger partial charge in [0, 0.05) is 12.3 Å². The fraction of sp³-hybridized carbons (Fsp3) is 0.857. The molecule has 18 heavy (non-hydrogen) atoms. The van der Waals surface area contributed by atoms with Gasteiger partial charge in [-0.2, -0.15) is 5.10 Å². The maximum atomic E-state index is 4.81. The van der Waals surface area contributed by atoms with Gasteiger partial charge in [-0.25, -0.2) is 9.67 Å². The first-order valence-corrected chi connectivity index (χ1v) is 7.45. The van der Waals surface area contributed by atoms with E-state index < -0.39 is 0 Å². The molecule has 4 nitrogen and oxygen atoms in total. The molecule has 0 radical (unpaired) electrons. The highest BCUT2D eigenvalue weighted by Gasteiger charge is 2.26. The number of rotatable bonds is 2. The zero-order valence-electron chi connectivity index (χ0n) is 11.6. The Bertz CT molecular complexity index is 404. The van der Waals surface area contributed by atoms with Crippen molar-refractivity contribution < 1.29 is 0 Å². The summed E-state index contributed by atoms with van der Waals surface area (Å²) >= 11 is 0. The monoisotopic (exact) mass is 248 g/mol. The lowest BCUT2D eigenvalue weighted by Gasteiger charge is -2.29. The lowest BCUT2D eigenvalue weighted by molar-refractivity contribution is 0.218.